The second kappa shape index (κ2) is 7.00. The van der Waals surface area contributed by atoms with Gasteiger partial charge in [0.1, 0.15) is 36.5 Å². The molecule has 0 fully saturated rings. The Bertz CT molecular complexity index is 889. The summed E-state index contributed by atoms with van der Waals surface area (Å²) in [6.45, 7) is 1.07. The Morgan fingerprint density at radius 2 is 1.79 bits per heavy atom. The number of halogens is 1. The first-order valence-electron chi connectivity index (χ1n) is 6.99. The molecular weight excluding hydrogens is 392 g/mol. The van der Waals surface area contributed by atoms with Crippen molar-refractivity contribution >= 4 is 33.5 Å². The second-order valence-electron chi connectivity index (χ2n) is 4.94. The molecule has 0 spiro atoms. The summed E-state index contributed by atoms with van der Waals surface area (Å²) in [6, 6.07) is 9.34. The van der Waals surface area contributed by atoms with Crippen LogP contribution in [0.4, 0.5) is 5.82 Å². The van der Waals surface area contributed by atoms with Crippen LogP contribution in [0.3, 0.4) is 0 Å². The zero-order valence-corrected chi connectivity index (χ0v) is 14.8. The number of anilines is 1. The number of nitriles is 2. The van der Waals surface area contributed by atoms with E-state index in [4.69, 9.17) is 20.5 Å². The van der Waals surface area contributed by atoms with Gasteiger partial charge in [0.05, 0.1) is 0 Å². The van der Waals surface area contributed by atoms with Crippen LogP contribution in [-0.2, 0) is 5.75 Å². The van der Waals surface area contributed by atoms with Crippen LogP contribution in [0.5, 0.6) is 11.5 Å². The Morgan fingerprint density at radius 1 is 1.12 bits per heavy atom. The highest BCUT2D eigenvalue weighted by molar-refractivity contribution is 9.10. The third-order valence-corrected chi connectivity index (χ3v) is 5.20. The van der Waals surface area contributed by atoms with E-state index in [-0.39, 0.29) is 11.4 Å². The number of nitrogen functional groups attached to an aromatic ring is 1. The number of hydrogen-bond donors (Lipinski definition) is 1. The van der Waals surface area contributed by atoms with Crippen molar-refractivity contribution in [2.75, 3.05) is 18.9 Å². The van der Waals surface area contributed by atoms with E-state index in [9.17, 15) is 5.26 Å². The first-order chi connectivity index (χ1) is 11.6. The number of thioether (sulfide) groups is 1. The fraction of sp³-hybridized carbons (Fsp3) is 0.188. The smallest absolute Gasteiger partial charge is 0.289 e. The molecule has 1 aromatic heterocycles. The van der Waals surface area contributed by atoms with E-state index < -0.39 is 0 Å². The molecular formula is C16H12BrN4O2S+. The zero-order chi connectivity index (χ0) is 17.1. The van der Waals surface area contributed by atoms with Crippen LogP contribution < -0.4 is 20.2 Å². The zero-order valence-electron chi connectivity index (χ0n) is 12.4. The summed E-state index contributed by atoms with van der Waals surface area (Å²) in [5, 5.41) is 18.9. The first-order valence-corrected chi connectivity index (χ1v) is 8.77. The lowest BCUT2D eigenvalue weighted by Gasteiger charge is -2.19. The number of pyridine rings is 1. The van der Waals surface area contributed by atoms with E-state index in [0.29, 0.717) is 41.1 Å². The number of H-pyrrole nitrogens is 1. The summed E-state index contributed by atoms with van der Waals surface area (Å²) in [6.07, 6.45) is 0. The van der Waals surface area contributed by atoms with E-state index in [1.807, 2.05) is 18.2 Å². The van der Waals surface area contributed by atoms with Gasteiger partial charge in [-0.3, -0.25) is 5.73 Å². The number of rotatable bonds is 3. The molecule has 8 heteroatoms. The van der Waals surface area contributed by atoms with E-state index in [0.717, 1.165) is 10.0 Å². The number of hydrogen-bond acceptors (Lipinski definition) is 6. The maximum atomic E-state index is 9.26. The van der Waals surface area contributed by atoms with Gasteiger partial charge in [-0.1, -0.05) is 27.7 Å². The van der Waals surface area contributed by atoms with Crippen LogP contribution in [0.15, 0.2) is 27.7 Å². The molecule has 120 valence electrons. The molecule has 0 amide bonds. The molecule has 24 heavy (non-hydrogen) atoms. The van der Waals surface area contributed by atoms with Gasteiger partial charge < -0.3 is 9.47 Å². The fourth-order valence-electron chi connectivity index (χ4n) is 2.20. The van der Waals surface area contributed by atoms with Crippen LogP contribution in [-0.4, -0.2) is 13.2 Å². The summed E-state index contributed by atoms with van der Waals surface area (Å²) >= 11 is 4.96. The lowest BCUT2D eigenvalue weighted by Crippen LogP contribution is -2.17. The average Bonchev–Trinajstić information content (AvgIpc) is 2.60. The number of aromatic nitrogens is 1. The number of nitrogens with one attached hydrogen (secondary N) is 1. The van der Waals surface area contributed by atoms with Crippen LogP contribution in [0.2, 0.25) is 0 Å². The highest BCUT2D eigenvalue weighted by atomic mass is 79.9. The lowest BCUT2D eigenvalue weighted by atomic mass is 10.2. The van der Waals surface area contributed by atoms with E-state index >= 15 is 0 Å². The minimum Gasteiger partial charge on any atom is -0.486 e. The highest BCUT2D eigenvalue weighted by Crippen LogP contribution is 2.37. The van der Waals surface area contributed by atoms with Crippen LogP contribution in [0, 0.1) is 22.7 Å². The van der Waals surface area contributed by atoms with Crippen molar-refractivity contribution in [3.63, 3.8) is 0 Å². The third-order valence-electron chi connectivity index (χ3n) is 3.40. The molecule has 0 aliphatic carbocycles. The van der Waals surface area contributed by atoms with Crippen LogP contribution in [0.1, 0.15) is 16.7 Å². The van der Waals surface area contributed by atoms with Gasteiger partial charge in [-0.15, -0.1) is 0 Å². The van der Waals surface area contributed by atoms with Crippen molar-refractivity contribution < 1.29 is 14.5 Å². The number of aromatic amines is 1. The van der Waals surface area contributed by atoms with Gasteiger partial charge >= 0.3 is 0 Å². The van der Waals surface area contributed by atoms with E-state index in [2.05, 4.69) is 27.0 Å². The van der Waals surface area contributed by atoms with Gasteiger partial charge in [0, 0.05) is 10.2 Å². The van der Waals surface area contributed by atoms with E-state index in [1.165, 1.54) is 17.8 Å². The first kappa shape index (κ1) is 16.4. The number of nitrogens with two attached hydrogens (primary N) is 1. The number of fused-ring (bicyclic) bond motifs is 1. The van der Waals surface area contributed by atoms with Crippen molar-refractivity contribution in [2.45, 2.75) is 10.8 Å². The Balaban J connectivity index is 1.85. The highest BCUT2D eigenvalue weighted by Gasteiger charge is 2.18. The maximum Gasteiger partial charge on any atom is 0.289 e. The predicted octanol–water partition coefficient (Wildman–Crippen LogP) is 2.65. The predicted molar refractivity (Wildman–Crippen MR) is 91.5 cm³/mol. The Labute approximate surface area is 151 Å². The Kier molecular flexibility index (Phi) is 4.79. The summed E-state index contributed by atoms with van der Waals surface area (Å²) in [5.74, 6) is 2.27. The summed E-state index contributed by atoms with van der Waals surface area (Å²) < 4.78 is 12.0. The molecule has 3 N–H and O–H groups in total. The molecule has 1 aliphatic rings. The minimum atomic E-state index is 0.250. The van der Waals surface area contributed by atoms with Crippen LogP contribution >= 0.6 is 27.7 Å². The van der Waals surface area contributed by atoms with Crippen LogP contribution in [0.25, 0.3) is 0 Å². The molecule has 1 aromatic carbocycles. The molecule has 2 aromatic rings. The monoisotopic (exact) mass is 403 g/mol. The molecule has 0 bridgehead atoms. The standard InChI is InChI=1S/C16H11BrN4O2S/c17-12-5-14-13(22-1-2-23-14)4-11(12)8-24-16-10(7-19)3-9(6-18)15(20)21-16/h3-5H,1-2,8H2,(H2,20,21)/p+1. The van der Waals surface area contributed by atoms with Gasteiger partial charge in [-0.05, 0) is 23.8 Å². The van der Waals surface area contributed by atoms with Crippen molar-refractivity contribution in [1.29, 1.82) is 10.5 Å². The summed E-state index contributed by atoms with van der Waals surface area (Å²) in [7, 11) is 0. The minimum absolute atomic E-state index is 0.250. The van der Waals surface area contributed by atoms with Gasteiger partial charge in [-0.2, -0.15) is 10.5 Å². The van der Waals surface area contributed by atoms with Crippen molar-refractivity contribution in [3.8, 4) is 23.6 Å². The topological polar surface area (TPSA) is 106 Å². The molecule has 0 atom stereocenters. The molecule has 1 aliphatic heterocycles. The Morgan fingerprint density at radius 3 is 2.46 bits per heavy atom. The number of ether oxygens (including phenoxy) is 2. The number of nitrogens with zero attached hydrogens (tertiary/aromatic N) is 2. The summed E-state index contributed by atoms with van der Waals surface area (Å²) in [4.78, 5) is 2.92. The Hall–Kier alpha value is -2.42. The van der Waals surface area contributed by atoms with Gasteiger partial charge in [0.15, 0.2) is 16.5 Å². The molecule has 0 saturated heterocycles. The molecule has 0 saturated carbocycles. The molecule has 0 radical (unpaired) electrons. The average molecular weight is 404 g/mol. The van der Waals surface area contributed by atoms with Crippen molar-refractivity contribution in [2.24, 2.45) is 0 Å². The fourth-order valence-corrected chi connectivity index (χ4v) is 3.83. The maximum absolute atomic E-state index is 9.26. The molecule has 6 nitrogen and oxygen atoms in total. The SMILES string of the molecule is N#Cc1cc(C#N)c(SCc2cc3c(cc2Br)OCCO3)[nH+]c1N. The van der Waals surface area contributed by atoms with Gasteiger partial charge in [0.2, 0.25) is 0 Å². The quantitative estimate of drug-likeness (QED) is 0.789. The molecule has 0 unspecified atom stereocenters. The van der Waals surface area contributed by atoms with Crippen molar-refractivity contribution in [1.82, 2.24) is 0 Å². The van der Waals surface area contributed by atoms with Gasteiger partial charge in [-0.25, -0.2) is 4.98 Å². The molecule has 3 rings (SSSR count). The third kappa shape index (κ3) is 3.25. The van der Waals surface area contributed by atoms with E-state index in [1.54, 1.807) is 0 Å². The molecule has 2 heterocycles. The normalized spacial score (nSPS) is 12.3. The lowest BCUT2D eigenvalue weighted by molar-refractivity contribution is -0.410. The largest absolute Gasteiger partial charge is 0.486 e. The number of benzene rings is 1. The second-order valence-corrected chi connectivity index (χ2v) is 6.78. The van der Waals surface area contributed by atoms with Gasteiger partial charge in [0.25, 0.3) is 5.82 Å². The summed E-state index contributed by atoms with van der Waals surface area (Å²) in [5.41, 5.74) is 7.45. The van der Waals surface area contributed by atoms with Crippen molar-refractivity contribution in [3.05, 3.63) is 39.4 Å².